The Labute approximate surface area is 185 Å². The summed E-state index contributed by atoms with van der Waals surface area (Å²) in [7, 11) is 1.99. The fourth-order valence-corrected chi connectivity index (χ4v) is 4.82. The van der Waals surface area contributed by atoms with Gasteiger partial charge in [-0.15, -0.1) is 12.4 Å². The maximum Gasteiger partial charge on any atom is 0.254 e. The summed E-state index contributed by atoms with van der Waals surface area (Å²) >= 11 is 0. The Balaban J connectivity index is 0.00000256. The number of nitrogens with one attached hydrogen (secondary N) is 1. The van der Waals surface area contributed by atoms with E-state index in [-0.39, 0.29) is 24.2 Å². The van der Waals surface area contributed by atoms with E-state index in [9.17, 15) is 9.59 Å². The first-order valence-electron chi connectivity index (χ1n) is 10.9. The molecule has 2 aliphatic rings. The molecule has 0 atom stereocenters. The molecule has 0 radical (unpaired) electrons. The normalized spacial score (nSPS) is 18.3. The molecule has 2 aromatic carbocycles. The fraction of sp³-hybridized carbons (Fsp3) is 0.500. The molecular formula is C24H32ClN3O2. The molecule has 2 amide bonds. The second-order valence-electron chi connectivity index (χ2n) is 8.42. The third-order valence-corrected chi connectivity index (χ3v) is 6.57. The highest BCUT2D eigenvalue weighted by atomic mass is 35.5. The van der Waals surface area contributed by atoms with Gasteiger partial charge in [-0.1, -0.05) is 36.4 Å². The number of likely N-dealkylation sites (tertiary alicyclic amines) is 2. The van der Waals surface area contributed by atoms with E-state index < -0.39 is 0 Å². The van der Waals surface area contributed by atoms with Crippen molar-refractivity contribution >= 4 is 35.0 Å². The van der Waals surface area contributed by atoms with Crippen LogP contribution in [0.2, 0.25) is 0 Å². The van der Waals surface area contributed by atoms with Gasteiger partial charge in [-0.05, 0) is 62.0 Å². The largest absolute Gasteiger partial charge is 0.342 e. The van der Waals surface area contributed by atoms with Gasteiger partial charge in [0.15, 0.2) is 0 Å². The zero-order valence-corrected chi connectivity index (χ0v) is 18.5. The number of halogens is 1. The van der Waals surface area contributed by atoms with Crippen LogP contribution in [0.5, 0.6) is 0 Å². The number of hydrogen-bond donors (Lipinski definition) is 1. The second-order valence-corrected chi connectivity index (χ2v) is 8.42. The van der Waals surface area contributed by atoms with Crippen molar-refractivity contribution in [2.75, 3.05) is 39.8 Å². The summed E-state index contributed by atoms with van der Waals surface area (Å²) in [6, 6.07) is 13.9. The Morgan fingerprint density at radius 1 is 0.900 bits per heavy atom. The van der Waals surface area contributed by atoms with Crippen molar-refractivity contribution in [2.24, 2.45) is 11.8 Å². The molecule has 0 aliphatic carbocycles. The van der Waals surface area contributed by atoms with Gasteiger partial charge in [-0.25, -0.2) is 0 Å². The van der Waals surface area contributed by atoms with Crippen LogP contribution < -0.4 is 5.32 Å². The van der Waals surface area contributed by atoms with Gasteiger partial charge in [0.05, 0.1) is 0 Å². The fourth-order valence-electron chi connectivity index (χ4n) is 4.82. The van der Waals surface area contributed by atoms with Gasteiger partial charge in [-0.3, -0.25) is 9.59 Å². The van der Waals surface area contributed by atoms with Gasteiger partial charge in [0.25, 0.3) is 5.91 Å². The maximum absolute atomic E-state index is 13.1. The highest BCUT2D eigenvalue weighted by Gasteiger charge is 2.32. The van der Waals surface area contributed by atoms with Gasteiger partial charge in [-0.2, -0.15) is 0 Å². The minimum absolute atomic E-state index is 0. The zero-order valence-electron chi connectivity index (χ0n) is 17.7. The van der Waals surface area contributed by atoms with Crippen molar-refractivity contribution in [3.8, 4) is 0 Å². The highest BCUT2D eigenvalue weighted by Crippen LogP contribution is 2.26. The van der Waals surface area contributed by atoms with E-state index in [1.54, 1.807) is 0 Å². The Bertz CT molecular complexity index is 866. The predicted octanol–water partition coefficient (Wildman–Crippen LogP) is 3.57. The molecule has 0 unspecified atom stereocenters. The molecule has 0 saturated carbocycles. The average Bonchev–Trinajstić information content (AvgIpc) is 2.78. The van der Waals surface area contributed by atoms with E-state index in [4.69, 9.17) is 0 Å². The van der Waals surface area contributed by atoms with Crippen molar-refractivity contribution in [2.45, 2.75) is 25.7 Å². The summed E-state index contributed by atoms with van der Waals surface area (Å²) in [5.41, 5.74) is 0.763. The van der Waals surface area contributed by atoms with Gasteiger partial charge in [0.2, 0.25) is 5.91 Å². The molecule has 2 saturated heterocycles. The number of piperidine rings is 2. The topological polar surface area (TPSA) is 52.7 Å². The number of carbonyl (C=O) groups is 2. The first-order chi connectivity index (χ1) is 14.2. The summed E-state index contributed by atoms with van der Waals surface area (Å²) in [6.07, 6.45) is 3.72. The number of hydrogen-bond acceptors (Lipinski definition) is 3. The van der Waals surface area contributed by atoms with E-state index >= 15 is 0 Å². The average molecular weight is 430 g/mol. The van der Waals surface area contributed by atoms with Gasteiger partial charge < -0.3 is 15.1 Å². The van der Waals surface area contributed by atoms with Crippen LogP contribution in [-0.4, -0.2) is 61.4 Å². The highest BCUT2D eigenvalue weighted by molar-refractivity contribution is 6.07. The Kier molecular flexibility index (Phi) is 7.73. The van der Waals surface area contributed by atoms with E-state index in [2.05, 4.69) is 10.2 Å². The molecule has 6 heteroatoms. The van der Waals surface area contributed by atoms with Crippen LogP contribution in [0.3, 0.4) is 0 Å². The van der Waals surface area contributed by atoms with Crippen LogP contribution in [0.4, 0.5) is 0 Å². The van der Waals surface area contributed by atoms with Crippen molar-refractivity contribution in [3.63, 3.8) is 0 Å². The first-order valence-corrected chi connectivity index (χ1v) is 10.9. The van der Waals surface area contributed by atoms with Crippen LogP contribution in [-0.2, 0) is 4.79 Å². The molecule has 5 nitrogen and oxygen atoms in total. The molecule has 1 N–H and O–H groups in total. The summed E-state index contributed by atoms with van der Waals surface area (Å²) < 4.78 is 0. The lowest BCUT2D eigenvalue weighted by atomic mass is 9.91. The molecule has 2 aromatic rings. The monoisotopic (exact) mass is 429 g/mol. The maximum atomic E-state index is 13.1. The summed E-state index contributed by atoms with van der Waals surface area (Å²) in [4.78, 5) is 30.0. The lowest BCUT2D eigenvalue weighted by molar-refractivity contribution is -0.138. The van der Waals surface area contributed by atoms with E-state index in [0.717, 1.165) is 61.7 Å². The molecule has 2 aliphatic heterocycles. The number of amides is 2. The zero-order chi connectivity index (χ0) is 20.2. The molecule has 2 fully saturated rings. The minimum Gasteiger partial charge on any atom is -0.342 e. The Hall–Kier alpha value is -2.11. The van der Waals surface area contributed by atoms with Crippen molar-refractivity contribution in [3.05, 3.63) is 48.0 Å². The lowest BCUT2D eigenvalue weighted by Crippen LogP contribution is -2.47. The van der Waals surface area contributed by atoms with E-state index in [1.165, 1.54) is 0 Å². The lowest BCUT2D eigenvalue weighted by Gasteiger charge is -2.37. The van der Waals surface area contributed by atoms with E-state index in [0.29, 0.717) is 24.9 Å². The van der Waals surface area contributed by atoms with Crippen LogP contribution in [0, 0.1) is 11.8 Å². The van der Waals surface area contributed by atoms with Gasteiger partial charge >= 0.3 is 0 Å². The number of fused-ring (bicyclic) bond motifs is 1. The van der Waals surface area contributed by atoms with Crippen LogP contribution >= 0.6 is 12.4 Å². The third kappa shape index (κ3) is 4.79. The molecule has 0 spiro atoms. The standard InChI is InChI=1S/C24H31N3O2.ClH/c1-25-17-18-9-13-26(14-10-18)23(28)20-11-15-27(16-12-20)24(29)22-8-4-6-19-5-2-3-7-21(19)22;/h2-8,18,20,25H,9-17H2,1H3;1H. The summed E-state index contributed by atoms with van der Waals surface area (Å²) in [5.74, 6) is 1.13. The molecule has 162 valence electrons. The molecule has 0 bridgehead atoms. The minimum atomic E-state index is 0. The van der Waals surface area contributed by atoms with Crippen molar-refractivity contribution < 1.29 is 9.59 Å². The second kappa shape index (κ2) is 10.3. The molecule has 2 heterocycles. The Morgan fingerprint density at radius 3 is 2.23 bits per heavy atom. The van der Waals surface area contributed by atoms with Gasteiger partial charge in [0.1, 0.15) is 0 Å². The first kappa shape index (κ1) is 22.6. The SMILES string of the molecule is CNCC1CCN(C(=O)C2CCN(C(=O)c3cccc4ccccc34)CC2)CC1.Cl. The smallest absolute Gasteiger partial charge is 0.254 e. The number of rotatable bonds is 4. The molecule has 30 heavy (non-hydrogen) atoms. The quantitative estimate of drug-likeness (QED) is 0.808. The number of carbonyl (C=O) groups excluding carboxylic acids is 2. The summed E-state index contributed by atoms with van der Waals surface area (Å²) in [6.45, 7) is 4.11. The van der Waals surface area contributed by atoms with E-state index in [1.807, 2.05) is 54.4 Å². The van der Waals surface area contributed by atoms with Gasteiger partial charge in [0, 0.05) is 37.7 Å². The van der Waals surface area contributed by atoms with Crippen LogP contribution in [0.25, 0.3) is 10.8 Å². The predicted molar refractivity (Wildman–Crippen MR) is 123 cm³/mol. The van der Waals surface area contributed by atoms with Crippen LogP contribution in [0.15, 0.2) is 42.5 Å². The number of benzene rings is 2. The molecule has 0 aromatic heterocycles. The number of nitrogens with zero attached hydrogens (tertiary/aromatic N) is 2. The van der Waals surface area contributed by atoms with Crippen molar-refractivity contribution in [1.82, 2.24) is 15.1 Å². The third-order valence-electron chi connectivity index (χ3n) is 6.57. The Morgan fingerprint density at radius 2 is 1.53 bits per heavy atom. The van der Waals surface area contributed by atoms with Crippen molar-refractivity contribution in [1.29, 1.82) is 0 Å². The van der Waals surface area contributed by atoms with Crippen LogP contribution in [0.1, 0.15) is 36.0 Å². The molecule has 4 rings (SSSR count). The molecular weight excluding hydrogens is 398 g/mol. The summed E-state index contributed by atoms with van der Waals surface area (Å²) in [5, 5.41) is 5.33.